The average molecular weight is 347 g/mol. The zero-order chi connectivity index (χ0) is 15.5. The SMILES string of the molecule is CC(NC(=O)C1(S(C)(=O)=O)CCNCC1)c1ccccc1.Cl. The molecule has 5 nitrogen and oxygen atoms in total. The van der Waals surface area contributed by atoms with Crippen LogP contribution in [0, 0.1) is 0 Å². The molecule has 1 aliphatic rings. The van der Waals surface area contributed by atoms with Crippen LogP contribution in [0.1, 0.15) is 31.4 Å². The Morgan fingerprint density at radius 2 is 1.77 bits per heavy atom. The van der Waals surface area contributed by atoms with Crippen LogP contribution in [0.25, 0.3) is 0 Å². The molecule has 0 aliphatic carbocycles. The Kier molecular flexibility index (Phi) is 6.40. The summed E-state index contributed by atoms with van der Waals surface area (Å²) in [4.78, 5) is 12.6. The van der Waals surface area contributed by atoms with E-state index in [2.05, 4.69) is 10.6 Å². The molecule has 1 unspecified atom stereocenters. The Morgan fingerprint density at radius 1 is 1.23 bits per heavy atom. The lowest BCUT2D eigenvalue weighted by molar-refractivity contribution is -0.125. The lowest BCUT2D eigenvalue weighted by Gasteiger charge is -2.35. The Hall–Kier alpha value is -1.11. The second-order valence-electron chi connectivity index (χ2n) is 5.62. The molecule has 2 rings (SSSR count). The third kappa shape index (κ3) is 3.80. The third-order valence-corrected chi connectivity index (χ3v) is 6.20. The molecule has 1 saturated heterocycles. The maximum absolute atomic E-state index is 12.6. The molecule has 0 spiro atoms. The molecule has 7 heteroatoms. The van der Waals surface area contributed by atoms with E-state index in [4.69, 9.17) is 0 Å². The maximum atomic E-state index is 12.6. The van der Waals surface area contributed by atoms with Gasteiger partial charge in [0.15, 0.2) is 14.6 Å². The number of carbonyl (C=O) groups excluding carboxylic acids is 1. The van der Waals surface area contributed by atoms with Crippen molar-refractivity contribution in [3.63, 3.8) is 0 Å². The molecule has 2 N–H and O–H groups in total. The van der Waals surface area contributed by atoms with Gasteiger partial charge in [-0.05, 0) is 38.4 Å². The quantitative estimate of drug-likeness (QED) is 0.865. The molecule has 0 aromatic heterocycles. The van der Waals surface area contributed by atoms with Crippen LogP contribution in [0.2, 0.25) is 0 Å². The summed E-state index contributed by atoms with van der Waals surface area (Å²) in [6.07, 6.45) is 1.80. The van der Waals surface area contributed by atoms with Gasteiger partial charge in [0, 0.05) is 6.26 Å². The fourth-order valence-electron chi connectivity index (χ4n) is 2.75. The van der Waals surface area contributed by atoms with Crippen molar-refractivity contribution in [2.24, 2.45) is 0 Å². The number of sulfone groups is 1. The molecule has 1 amide bonds. The number of nitrogens with one attached hydrogen (secondary N) is 2. The van der Waals surface area contributed by atoms with Gasteiger partial charge in [-0.1, -0.05) is 30.3 Å². The summed E-state index contributed by atoms with van der Waals surface area (Å²) in [5.74, 6) is -0.386. The van der Waals surface area contributed by atoms with Crippen LogP contribution < -0.4 is 10.6 Å². The van der Waals surface area contributed by atoms with E-state index in [0.29, 0.717) is 25.9 Å². The first kappa shape index (κ1) is 18.9. The van der Waals surface area contributed by atoms with Crippen LogP contribution in [0.4, 0.5) is 0 Å². The molecule has 0 saturated carbocycles. The van der Waals surface area contributed by atoms with Crippen molar-refractivity contribution in [3.8, 4) is 0 Å². The minimum atomic E-state index is -3.47. The predicted molar refractivity (Wildman–Crippen MR) is 89.9 cm³/mol. The molecular weight excluding hydrogens is 324 g/mol. The molecule has 0 radical (unpaired) electrons. The predicted octanol–water partition coefficient (Wildman–Crippen LogP) is 1.45. The van der Waals surface area contributed by atoms with Crippen molar-refractivity contribution in [1.29, 1.82) is 0 Å². The first-order chi connectivity index (χ1) is 9.87. The number of rotatable bonds is 4. The lowest BCUT2D eigenvalue weighted by Crippen LogP contribution is -2.57. The average Bonchev–Trinajstić information content (AvgIpc) is 2.47. The van der Waals surface area contributed by atoms with Gasteiger partial charge in [0.1, 0.15) is 0 Å². The molecule has 1 aliphatic heterocycles. The van der Waals surface area contributed by atoms with E-state index in [1.807, 2.05) is 37.3 Å². The van der Waals surface area contributed by atoms with Gasteiger partial charge in [0.25, 0.3) is 0 Å². The first-order valence-corrected chi connectivity index (χ1v) is 9.02. The Balaban J connectivity index is 0.00000242. The molecule has 1 aromatic carbocycles. The Morgan fingerprint density at radius 3 is 2.27 bits per heavy atom. The third-order valence-electron chi connectivity index (χ3n) is 4.18. The number of piperidine rings is 1. The normalized spacial score (nSPS) is 18.8. The molecule has 0 bridgehead atoms. The highest BCUT2D eigenvalue weighted by molar-refractivity contribution is 7.92. The van der Waals surface area contributed by atoms with Crippen molar-refractivity contribution in [1.82, 2.24) is 10.6 Å². The molecule has 124 valence electrons. The smallest absolute Gasteiger partial charge is 0.242 e. The Labute approximate surface area is 138 Å². The van der Waals surface area contributed by atoms with Gasteiger partial charge >= 0.3 is 0 Å². The molecule has 1 aromatic rings. The number of amides is 1. The van der Waals surface area contributed by atoms with Gasteiger partial charge in [-0.25, -0.2) is 8.42 Å². The summed E-state index contributed by atoms with van der Waals surface area (Å²) in [5.41, 5.74) is 0.962. The van der Waals surface area contributed by atoms with Gasteiger partial charge in [0.2, 0.25) is 5.91 Å². The second kappa shape index (κ2) is 7.44. The molecule has 22 heavy (non-hydrogen) atoms. The molecule has 1 atom stereocenters. The number of hydrogen-bond donors (Lipinski definition) is 2. The summed E-state index contributed by atoms with van der Waals surface area (Å²) in [6.45, 7) is 2.95. The van der Waals surface area contributed by atoms with Gasteiger partial charge in [-0.3, -0.25) is 4.79 Å². The van der Waals surface area contributed by atoms with E-state index in [1.165, 1.54) is 0 Å². The van der Waals surface area contributed by atoms with Gasteiger partial charge < -0.3 is 10.6 Å². The summed E-state index contributed by atoms with van der Waals surface area (Å²) in [5, 5.41) is 5.97. The standard InChI is InChI=1S/C15H22N2O3S.ClH/c1-12(13-6-4-3-5-7-13)17-14(18)15(21(2,19)20)8-10-16-11-9-15;/h3-7,12,16H,8-11H2,1-2H3,(H,17,18);1H. The monoisotopic (exact) mass is 346 g/mol. The fraction of sp³-hybridized carbons (Fsp3) is 0.533. The summed E-state index contributed by atoms with van der Waals surface area (Å²) >= 11 is 0. The number of halogens is 1. The van der Waals surface area contributed by atoms with Crippen molar-refractivity contribution in [2.75, 3.05) is 19.3 Å². The highest BCUT2D eigenvalue weighted by Gasteiger charge is 2.48. The maximum Gasteiger partial charge on any atom is 0.242 e. The number of benzene rings is 1. The van der Waals surface area contributed by atoms with E-state index in [1.54, 1.807) is 0 Å². The van der Waals surface area contributed by atoms with Crippen LogP contribution >= 0.6 is 12.4 Å². The Bertz CT molecular complexity index is 598. The van der Waals surface area contributed by atoms with Crippen LogP contribution in [0.15, 0.2) is 30.3 Å². The second-order valence-corrected chi connectivity index (χ2v) is 7.95. The van der Waals surface area contributed by atoms with Crippen molar-refractivity contribution >= 4 is 28.2 Å². The zero-order valence-electron chi connectivity index (χ0n) is 12.8. The van der Waals surface area contributed by atoms with Gasteiger partial charge in [0.05, 0.1) is 6.04 Å². The van der Waals surface area contributed by atoms with E-state index < -0.39 is 14.6 Å². The van der Waals surface area contributed by atoms with Crippen molar-refractivity contribution in [3.05, 3.63) is 35.9 Å². The van der Waals surface area contributed by atoms with Crippen LogP contribution in [-0.2, 0) is 14.6 Å². The summed E-state index contributed by atoms with van der Waals surface area (Å²) in [7, 11) is -3.47. The molecular formula is C15H23ClN2O3S. The largest absolute Gasteiger partial charge is 0.348 e. The summed E-state index contributed by atoms with van der Waals surface area (Å²) < 4.78 is 23.1. The van der Waals surface area contributed by atoms with Crippen LogP contribution in [0.3, 0.4) is 0 Å². The fourth-order valence-corrected chi connectivity index (χ4v) is 4.09. The topological polar surface area (TPSA) is 75.3 Å². The van der Waals surface area contributed by atoms with E-state index in [-0.39, 0.29) is 24.4 Å². The van der Waals surface area contributed by atoms with E-state index >= 15 is 0 Å². The lowest BCUT2D eigenvalue weighted by atomic mass is 9.95. The minimum Gasteiger partial charge on any atom is -0.348 e. The van der Waals surface area contributed by atoms with Crippen LogP contribution in [0.5, 0.6) is 0 Å². The van der Waals surface area contributed by atoms with E-state index in [0.717, 1.165) is 11.8 Å². The highest BCUT2D eigenvalue weighted by Crippen LogP contribution is 2.29. The molecule has 1 fully saturated rings. The number of hydrogen-bond acceptors (Lipinski definition) is 4. The van der Waals surface area contributed by atoms with E-state index in [9.17, 15) is 13.2 Å². The molecule has 1 heterocycles. The first-order valence-electron chi connectivity index (χ1n) is 7.13. The summed E-state index contributed by atoms with van der Waals surface area (Å²) in [6, 6.07) is 9.32. The van der Waals surface area contributed by atoms with Gasteiger partial charge in [-0.15, -0.1) is 12.4 Å². The van der Waals surface area contributed by atoms with Crippen molar-refractivity contribution in [2.45, 2.75) is 30.6 Å². The minimum absolute atomic E-state index is 0. The highest BCUT2D eigenvalue weighted by atomic mass is 35.5. The zero-order valence-corrected chi connectivity index (χ0v) is 14.5. The van der Waals surface area contributed by atoms with Crippen molar-refractivity contribution < 1.29 is 13.2 Å². The van der Waals surface area contributed by atoms with Gasteiger partial charge in [-0.2, -0.15) is 0 Å². The number of carbonyl (C=O) groups is 1. The van der Waals surface area contributed by atoms with Crippen LogP contribution in [-0.4, -0.2) is 38.4 Å².